The molecule has 0 atom stereocenters. The van der Waals surface area contributed by atoms with Crippen LogP contribution >= 0.6 is 31.9 Å². The maximum absolute atomic E-state index is 13.0. The van der Waals surface area contributed by atoms with Crippen LogP contribution in [0.1, 0.15) is 20.7 Å². The Hall–Kier alpha value is -2.64. The van der Waals surface area contributed by atoms with Gasteiger partial charge in [0.25, 0.3) is 11.8 Å². The first-order valence-electron chi connectivity index (χ1n) is 8.29. The van der Waals surface area contributed by atoms with E-state index in [2.05, 4.69) is 42.5 Å². The Morgan fingerprint density at radius 1 is 0.857 bits per heavy atom. The van der Waals surface area contributed by atoms with E-state index in [0.717, 1.165) is 0 Å². The van der Waals surface area contributed by atoms with Crippen LogP contribution in [0.2, 0.25) is 0 Å². The summed E-state index contributed by atoms with van der Waals surface area (Å²) in [6.07, 6.45) is 0. The first-order valence-corrected chi connectivity index (χ1v) is 9.88. The van der Waals surface area contributed by atoms with Gasteiger partial charge < -0.3 is 15.4 Å². The molecule has 3 aromatic rings. The van der Waals surface area contributed by atoms with E-state index in [1.165, 1.54) is 7.11 Å². The predicted octanol–water partition coefficient (Wildman–Crippen LogP) is 5.72. The van der Waals surface area contributed by atoms with Crippen LogP contribution in [0.15, 0.2) is 75.7 Å². The number of hydrogen-bond donors (Lipinski definition) is 2. The number of anilines is 2. The van der Waals surface area contributed by atoms with Crippen LogP contribution in [-0.2, 0) is 0 Å². The fraction of sp³-hybridized carbons (Fsp3) is 0.0476. The second kappa shape index (κ2) is 9.03. The van der Waals surface area contributed by atoms with Crippen LogP contribution in [0.5, 0.6) is 5.75 Å². The Kier molecular flexibility index (Phi) is 6.49. The van der Waals surface area contributed by atoms with E-state index in [1.54, 1.807) is 54.6 Å². The molecular formula is C21H16Br2N2O3. The third kappa shape index (κ3) is 4.61. The highest BCUT2D eigenvalue weighted by Crippen LogP contribution is 2.33. The number of para-hydroxylation sites is 2. The molecule has 142 valence electrons. The molecule has 2 N–H and O–H groups in total. The van der Waals surface area contributed by atoms with Gasteiger partial charge in [-0.25, -0.2) is 0 Å². The van der Waals surface area contributed by atoms with Crippen LogP contribution in [0.3, 0.4) is 0 Å². The maximum atomic E-state index is 13.0. The van der Waals surface area contributed by atoms with Crippen LogP contribution in [0.4, 0.5) is 11.4 Å². The molecular weight excluding hydrogens is 488 g/mol. The van der Waals surface area contributed by atoms with Gasteiger partial charge in [-0.1, -0.05) is 46.3 Å². The van der Waals surface area contributed by atoms with Crippen LogP contribution in [0.25, 0.3) is 0 Å². The van der Waals surface area contributed by atoms with E-state index in [-0.39, 0.29) is 11.8 Å². The van der Waals surface area contributed by atoms with Gasteiger partial charge in [-0.05, 0) is 52.3 Å². The quantitative estimate of drug-likeness (QED) is 0.467. The van der Waals surface area contributed by atoms with Crippen LogP contribution in [-0.4, -0.2) is 18.9 Å². The number of rotatable bonds is 5. The Balaban J connectivity index is 1.94. The number of nitrogens with one attached hydrogen (secondary N) is 2. The van der Waals surface area contributed by atoms with Gasteiger partial charge in [0.1, 0.15) is 5.75 Å². The smallest absolute Gasteiger partial charge is 0.257 e. The fourth-order valence-electron chi connectivity index (χ4n) is 2.59. The van der Waals surface area contributed by atoms with Crippen molar-refractivity contribution < 1.29 is 14.3 Å². The normalized spacial score (nSPS) is 10.2. The summed E-state index contributed by atoms with van der Waals surface area (Å²) in [7, 11) is 1.53. The van der Waals surface area contributed by atoms with Crippen molar-refractivity contribution in [3.05, 3.63) is 86.8 Å². The van der Waals surface area contributed by atoms with Crippen molar-refractivity contribution in [1.82, 2.24) is 0 Å². The van der Waals surface area contributed by atoms with Crippen molar-refractivity contribution >= 4 is 55.0 Å². The minimum atomic E-state index is -0.380. The summed E-state index contributed by atoms with van der Waals surface area (Å²) in [5.74, 6) is -0.149. The zero-order valence-electron chi connectivity index (χ0n) is 14.8. The standard InChI is InChI=1S/C21H16Br2N2O3/c1-28-18-10-6-5-9-17(18)24-21(27)15-11-14(22)12-16(23)19(15)25-20(26)13-7-3-2-4-8-13/h2-12H,1H3,(H,24,27)(H,25,26). The number of ether oxygens (including phenoxy) is 1. The topological polar surface area (TPSA) is 67.4 Å². The molecule has 0 radical (unpaired) electrons. The number of methoxy groups -OCH3 is 1. The Morgan fingerprint density at radius 2 is 1.54 bits per heavy atom. The summed E-state index contributed by atoms with van der Waals surface area (Å²) >= 11 is 6.82. The fourth-order valence-corrected chi connectivity index (χ4v) is 3.92. The lowest BCUT2D eigenvalue weighted by molar-refractivity contribution is 0.102. The lowest BCUT2D eigenvalue weighted by Crippen LogP contribution is -2.19. The van der Waals surface area contributed by atoms with Gasteiger partial charge in [0, 0.05) is 14.5 Å². The number of amides is 2. The van der Waals surface area contributed by atoms with E-state index in [9.17, 15) is 9.59 Å². The Bertz CT molecular complexity index is 1020. The van der Waals surface area contributed by atoms with Crippen molar-refractivity contribution in [3.63, 3.8) is 0 Å². The number of carbonyl (C=O) groups excluding carboxylic acids is 2. The average molecular weight is 504 g/mol. The molecule has 2 amide bonds. The molecule has 5 nitrogen and oxygen atoms in total. The van der Waals surface area contributed by atoms with E-state index in [4.69, 9.17) is 4.74 Å². The van der Waals surface area contributed by atoms with Crippen molar-refractivity contribution in [2.45, 2.75) is 0 Å². The molecule has 7 heteroatoms. The minimum Gasteiger partial charge on any atom is -0.495 e. The van der Waals surface area contributed by atoms with Crippen molar-refractivity contribution in [2.24, 2.45) is 0 Å². The van der Waals surface area contributed by atoms with Gasteiger partial charge >= 0.3 is 0 Å². The lowest BCUT2D eigenvalue weighted by atomic mass is 10.1. The summed E-state index contributed by atoms with van der Waals surface area (Å²) in [5, 5.41) is 5.65. The summed E-state index contributed by atoms with van der Waals surface area (Å²) in [6.45, 7) is 0. The van der Waals surface area contributed by atoms with Gasteiger partial charge in [-0.2, -0.15) is 0 Å². The van der Waals surface area contributed by atoms with E-state index in [0.29, 0.717) is 37.2 Å². The molecule has 0 bridgehead atoms. The highest BCUT2D eigenvalue weighted by atomic mass is 79.9. The van der Waals surface area contributed by atoms with Crippen LogP contribution < -0.4 is 15.4 Å². The van der Waals surface area contributed by atoms with Crippen molar-refractivity contribution in [2.75, 3.05) is 17.7 Å². The maximum Gasteiger partial charge on any atom is 0.257 e. The molecule has 3 aromatic carbocycles. The lowest BCUT2D eigenvalue weighted by Gasteiger charge is -2.15. The molecule has 0 heterocycles. The summed E-state index contributed by atoms with van der Waals surface area (Å²) < 4.78 is 6.56. The van der Waals surface area contributed by atoms with Gasteiger partial charge in [-0.15, -0.1) is 0 Å². The number of hydrogen-bond acceptors (Lipinski definition) is 3. The molecule has 0 saturated heterocycles. The van der Waals surface area contributed by atoms with E-state index in [1.807, 2.05) is 12.1 Å². The van der Waals surface area contributed by atoms with Gasteiger partial charge in [0.15, 0.2) is 0 Å². The van der Waals surface area contributed by atoms with Gasteiger partial charge in [0.2, 0.25) is 0 Å². The summed E-state index contributed by atoms with van der Waals surface area (Å²) in [4.78, 5) is 25.6. The molecule has 0 aromatic heterocycles. The van der Waals surface area contributed by atoms with Crippen molar-refractivity contribution in [3.8, 4) is 5.75 Å². The molecule has 3 rings (SSSR count). The summed E-state index contributed by atoms with van der Waals surface area (Å²) in [5.41, 5.74) is 1.71. The minimum absolute atomic E-state index is 0.302. The molecule has 0 fully saturated rings. The number of carbonyl (C=O) groups is 2. The first kappa shape index (κ1) is 20.1. The summed E-state index contributed by atoms with van der Waals surface area (Å²) in [6, 6.07) is 19.3. The molecule has 0 aliphatic heterocycles. The number of benzene rings is 3. The van der Waals surface area contributed by atoms with E-state index < -0.39 is 0 Å². The molecule has 0 spiro atoms. The second-order valence-corrected chi connectivity index (χ2v) is 7.55. The molecule has 0 saturated carbocycles. The Morgan fingerprint density at radius 3 is 2.25 bits per heavy atom. The van der Waals surface area contributed by atoms with Crippen LogP contribution in [0, 0.1) is 0 Å². The average Bonchev–Trinajstić information content (AvgIpc) is 2.70. The van der Waals surface area contributed by atoms with Gasteiger partial charge in [-0.3, -0.25) is 9.59 Å². The van der Waals surface area contributed by atoms with Crippen molar-refractivity contribution in [1.29, 1.82) is 0 Å². The first-order chi connectivity index (χ1) is 13.5. The van der Waals surface area contributed by atoms with E-state index >= 15 is 0 Å². The SMILES string of the molecule is COc1ccccc1NC(=O)c1cc(Br)cc(Br)c1NC(=O)c1ccccc1. The molecule has 0 aliphatic rings. The molecule has 0 unspecified atom stereocenters. The molecule has 0 aliphatic carbocycles. The predicted molar refractivity (Wildman–Crippen MR) is 117 cm³/mol. The number of halogens is 2. The Labute approximate surface area is 179 Å². The largest absolute Gasteiger partial charge is 0.495 e. The highest BCUT2D eigenvalue weighted by Gasteiger charge is 2.19. The molecule has 28 heavy (non-hydrogen) atoms. The monoisotopic (exact) mass is 502 g/mol. The third-order valence-electron chi connectivity index (χ3n) is 3.93. The zero-order chi connectivity index (χ0) is 20.1. The van der Waals surface area contributed by atoms with Gasteiger partial charge in [0.05, 0.1) is 24.0 Å². The zero-order valence-corrected chi connectivity index (χ0v) is 18.0. The second-order valence-electron chi connectivity index (χ2n) is 5.78. The highest BCUT2D eigenvalue weighted by molar-refractivity contribution is 9.11. The third-order valence-corrected chi connectivity index (χ3v) is 5.01.